The van der Waals surface area contributed by atoms with Gasteiger partial charge in [-0.1, -0.05) is 29.4 Å². The molecular weight excluding hydrogens is 336 g/mol. The van der Waals surface area contributed by atoms with Crippen LogP contribution in [0.15, 0.2) is 47.0 Å². The molecule has 1 heterocycles. The number of anilines is 1. The average Bonchev–Trinajstić information content (AvgIpc) is 3.00. The largest absolute Gasteiger partial charge is 0.356 e. The van der Waals surface area contributed by atoms with Crippen molar-refractivity contribution in [2.45, 2.75) is 20.3 Å². The van der Waals surface area contributed by atoms with Crippen LogP contribution < -0.4 is 16.2 Å². The van der Waals surface area contributed by atoms with Crippen LogP contribution >= 0.6 is 12.2 Å². The summed E-state index contributed by atoms with van der Waals surface area (Å²) in [5.74, 6) is -0.260. The summed E-state index contributed by atoms with van der Waals surface area (Å²) in [4.78, 5) is 12.1. The van der Waals surface area contributed by atoms with E-state index in [1.165, 1.54) is 0 Å². The van der Waals surface area contributed by atoms with Crippen molar-refractivity contribution in [3.05, 3.63) is 59.3 Å². The normalized spacial score (nSPS) is 10.5. The highest BCUT2D eigenvalue weighted by atomic mass is 32.1. The molecule has 0 atom stereocenters. The maximum absolute atomic E-state index is 12.1. The number of thiocarbonyl (C=S) groups is 1. The fourth-order valence-corrected chi connectivity index (χ4v) is 2.59. The van der Waals surface area contributed by atoms with Crippen molar-refractivity contribution in [2.24, 2.45) is 0 Å². The maximum atomic E-state index is 12.1. The number of benzene rings is 2. The highest BCUT2D eigenvalue weighted by Gasteiger charge is 2.12. The summed E-state index contributed by atoms with van der Waals surface area (Å²) in [7, 11) is 0. The van der Waals surface area contributed by atoms with Gasteiger partial charge < -0.3 is 9.84 Å². The topological polar surface area (TPSA) is 79.2 Å². The summed E-state index contributed by atoms with van der Waals surface area (Å²) in [6.07, 6.45) is 0.0934. The van der Waals surface area contributed by atoms with Crippen molar-refractivity contribution < 1.29 is 9.32 Å². The van der Waals surface area contributed by atoms with Crippen molar-refractivity contribution in [1.82, 2.24) is 16.0 Å². The van der Waals surface area contributed by atoms with Crippen LogP contribution in [0.3, 0.4) is 0 Å². The van der Waals surface area contributed by atoms with E-state index in [2.05, 4.69) is 21.3 Å². The molecule has 0 saturated heterocycles. The van der Waals surface area contributed by atoms with Gasteiger partial charge in [0, 0.05) is 11.1 Å². The molecule has 0 aliphatic rings. The lowest BCUT2D eigenvalue weighted by Crippen LogP contribution is -2.44. The number of aryl methyl sites for hydroxylation is 1. The van der Waals surface area contributed by atoms with Crippen LogP contribution in [0.2, 0.25) is 0 Å². The summed E-state index contributed by atoms with van der Waals surface area (Å²) in [6.45, 7) is 4.04. The van der Waals surface area contributed by atoms with Gasteiger partial charge in [0.1, 0.15) is 5.69 Å². The lowest BCUT2D eigenvalue weighted by molar-refractivity contribution is -0.121. The van der Waals surface area contributed by atoms with Gasteiger partial charge in [0.15, 0.2) is 10.7 Å². The fraction of sp³-hybridized carbons (Fsp3) is 0.167. The standard InChI is InChI=1S/C18H18N4O2S/c1-11-6-5-8-14(12(11)2)19-18(25)21-20-17(23)10-15-13-7-3-4-9-16(13)24-22-15/h3-9H,10H2,1-2H3,(H,20,23)(H2,19,21,25). The smallest absolute Gasteiger partial charge is 0.244 e. The first-order chi connectivity index (χ1) is 12.0. The Kier molecular flexibility index (Phi) is 4.95. The Morgan fingerprint density at radius 1 is 1.12 bits per heavy atom. The number of fused-ring (bicyclic) bond motifs is 1. The zero-order valence-electron chi connectivity index (χ0n) is 13.9. The van der Waals surface area contributed by atoms with Gasteiger partial charge in [-0.05, 0) is 55.4 Å². The number of hydrogen-bond acceptors (Lipinski definition) is 4. The third kappa shape index (κ3) is 3.95. The Morgan fingerprint density at radius 3 is 2.76 bits per heavy atom. The predicted molar refractivity (Wildman–Crippen MR) is 101 cm³/mol. The number of aromatic nitrogens is 1. The molecule has 0 aliphatic carbocycles. The van der Waals surface area contributed by atoms with E-state index in [-0.39, 0.29) is 12.3 Å². The first-order valence-electron chi connectivity index (χ1n) is 7.80. The van der Waals surface area contributed by atoms with E-state index in [0.717, 1.165) is 22.2 Å². The molecule has 3 N–H and O–H groups in total. The summed E-state index contributed by atoms with van der Waals surface area (Å²) in [5, 5.41) is 8.15. The number of carbonyl (C=O) groups excluding carboxylic acids is 1. The number of hydrogen-bond donors (Lipinski definition) is 3. The summed E-state index contributed by atoms with van der Waals surface area (Å²) in [5.41, 5.74) is 9.67. The number of rotatable bonds is 3. The van der Waals surface area contributed by atoms with E-state index >= 15 is 0 Å². The number of amides is 1. The molecule has 1 amide bonds. The molecule has 0 spiro atoms. The Balaban J connectivity index is 1.55. The van der Waals surface area contributed by atoms with Crippen LogP contribution in [-0.2, 0) is 11.2 Å². The minimum absolute atomic E-state index is 0.0934. The van der Waals surface area contributed by atoms with Gasteiger partial charge in [0.05, 0.1) is 6.42 Å². The van der Waals surface area contributed by atoms with Crippen molar-refractivity contribution in [2.75, 3.05) is 5.32 Å². The van der Waals surface area contributed by atoms with E-state index < -0.39 is 0 Å². The van der Waals surface area contributed by atoms with E-state index in [0.29, 0.717) is 16.4 Å². The predicted octanol–water partition coefficient (Wildman–Crippen LogP) is 3.00. The van der Waals surface area contributed by atoms with Crippen LogP contribution in [-0.4, -0.2) is 16.2 Å². The second-order valence-electron chi connectivity index (χ2n) is 5.68. The molecule has 3 rings (SSSR count). The molecule has 1 aromatic heterocycles. The van der Waals surface area contributed by atoms with Crippen LogP contribution in [0.5, 0.6) is 0 Å². The van der Waals surface area contributed by atoms with Gasteiger partial charge in [0.2, 0.25) is 5.91 Å². The third-order valence-corrected chi connectivity index (χ3v) is 4.15. The summed E-state index contributed by atoms with van der Waals surface area (Å²) >= 11 is 5.21. The van der Waals surface area contributed by atoms with Gasteiger partial charge in [-0.3, -0.25) is 15.6 Å². The molecule has 6 nitrogen and oxygen atoms in total. The minimum atomic E-state index is -0.260. The molecule has 0 saturated carbocycles. The van der Waals surface area contributed by atoms with Gasteiger partial charge in [0.25, 0.3) is 0 Å². The van der Waals surface area contributed by atoms with Gasteiger partial charge in [-0.15, -0.1) is 0 Å². The molecule has 0 aliphatic heterocycles. The van der Waals surface area contributed by atoms with Crippen molar-refractivity contribution in [1.29, 1.82) is 0 Å². The molecule has 25 heavy (non-hydrogen) atoms. The molecule has 2 aromatic carbocycles. The molecule has 0 radical (unpaired) electrons. The Hall–Kier alpha value is -2.93. The van der Waals surface area contributed by atoms with E-state index in [1.54, 1.807) is 0 Å². The van der Waals surface area contributed by atoms with Crippen LogP contribution in [0.25, 0.3) is 11.0 Å². The maximum Gasteiger partial charge on any atom is 0.244 e. The van der Waals surface area contributed by atoms with Crippen molar-refractivity contribution in [3.63, 3.8) is 0 Å². The lowest BCUT2D eigenvalue weighted by atomic mass is 10.1. The summed E-state index contributed by atoms with van der Waals surface area (Å²) in [6, 6.07) is 13.3. The molecule has 0 unspecified atom stereocenters. The number of nitrogens with zero attached hydrogens (tertiary/aromatic N) is 1. The Bertz CT molecular complexity index is 936. The lowest BCUT2D eigenvalue weighted by Gasteiger charge is -2.14. The average molecular weight is 354 g/mol. The zero-order valence-corrected chi connectivity index (χ0v) is 14.7. The molecule has 0 bridgehead atoms. The SMILES string of the molecule is Cc1cccc(NC(=S)NNC(=O)Cc2noc3ccccc23)c1C. The molecule has 3 aromatic rings. The number of hydrazine groups is 1. The monoisotopic (exact) mass is 354 g/mol. The van der Waals surface area contributed by atoms with E-state index in [4.69, 9.17) is 16.7 Å². The first kappa shape index (κ1) is 16.9. The van der Waals surface area contributed by atoms with Crippen molar-refractivity contribution in [3.8, 4) is 0 Å². The van der Waals surface area contributed by atoms with E-state index in [1.807, 2.05) is 56.3 Å². The third-order valence-electron chi connectivity index (χ3n) is 3.95. The van der Waals surface area contributed by atoms with Gasteiger partial charge in [-0.25, -0.2) is 0 Å². The number of para-hydroxylation sites is 1. The van der Waals surface area contributed by atoms with Gasteiger partial charge >= 0.3 is 0 Å². The number of nitrogens with one attached hydrogen (secondary N) is 3. The molecule has 0 fully saturated rings. The molecular formula is C18H18N4O2S. The second-order valence-corrected chi connectivity index (χ2v) is 6.09. The van der Waals surface area contributed by atoms with E-state index in [9.17, 15) is 4.79 Å². The number of carbonyl (C=O) groups is 1. The van der Waals surface area contributed by atoms with Crippen LogP contribution in [0.4, 0.5) is 5.69 Å². The highest BCUT2D eigenvalue weighted by Crippen LogP contribution is 2.18. The Morgan fingerprint density at radius 2 is 1.92 bits per heavy atom. The summed E-state index contributed by atoms with van der Waals surface area (Å²) < 4.78 is 5.19. The molecule has 128 valence electrons. The fourth-order valence-electron chi connectivity index (χ4n) is 2.43. The second kappa shape index (κ2) is 7.31. The Labute approximate surface area is 150 Å². The quantitative estimate of drug-likeness (QED) is 0.496. The van der Waals surface area contributed by atoms with Gasteiger partial charge in [-0.2, -0.15) is 0 Å². The van der Waals surface area contributed by atoms with Crippen LogP contribution in [0.1, 0.15) is 16.8 Å². The highest BCUT2D eigenvalue weighted by molar-refractivity contribution is 7.80. The molecule has 7 heteroatoms. The first-order valence-corrected chi connectivity index (χ1v) is 8.21. The van der Waals surface area contributed by atoms with Crippen molar-refractivity contribution >= 4 is 39.9 Å². The minimum Gasteiger partial charge on any atom is -0.356 e. The van der Waals surface area contributed by atoms with Crippen LogP contribution in [0, 0.1) is 13.8 Å². The zero-order chi connectivity index (χ0) is 17.8.